The number of nitrogens with zero attached hydrogens (tertiary/aromatic N) is 2. The molecule has 3 N–H and O–H groups in total. The van der Waals surface area contributed by atoms with Gasteiger partial charge in [-0.3, -0.25) is 9.19 Å². The van der Waals surface area contributed by atoms with E-state index in [1.54, 1.807) is 42.5 Å². The molecule has 0 aliphatic rings. The van der Waals surface area contributed by atoms with Crippen molar-refractivity contribution in [2.75, 3.05) is 11.1 Å². The number of benzene rings is 2. The van der Waals surface area contributed by atoms with E-state index in [2.05, 4.69) is 16.4 Å². The maximum Gasteiger partial charge on any atom is 0.103 e. The molecule has 0 aliphatic heterocycles. The van der Waals surface area contributed by atoms with Crippen molar-refractivity contribution in [3.05, 3.63) is 59.8 Å². The van der Waals surface area contributed by atoms with Crippen LogP contribution in [0.4, 0.5) is 17.1 Å². The Hall–Kier alpha value is -2.95. The molecule has 0 spiro atoms. The largest absolute Gasteiger partial charge is 0.772 e. The molecule has 2 aromatic carbocycles. The van der Waals surface area contributed by atoms with Gasteiger partial charge in [0.05, 0.1) is 16.8 Å². The highest BCUT2D eigenvalue weighted by Crippen LogP contribution is 2.30. The zero-order valence-electron chi connectivity index (χ0n) is 12.5. The molecule has 6 nitrogen and oxygen atoms in total. The lowest BCUT2D eigenvalue weighted by atomic mass is 10.1. The standard InChI is InChI=1S/C17H14N4O2S/c18-8-12-9-20-16-5-4-13(19)7-15(16)17(12)21-14-3-1-2-11(6-14)10-24(22)23/h1-7,9H,10,19H2,(H,20,21)(H,22,23)/p-1. The van der Waals surface area contributed by atoms with Crippen LogP contribution in [0.3, 0.4) is 0 Å². The van der Waals surface area contributed by atoms with E-state index in [0.29, 0.717) is 33.7 Å². The minimum atomic E-state index is -2.16. The topological polar surface area (TPSA) is 115 Å². The summed E-state index contributed by atoms with van der Waals surface area (Å²) in [5, 5.41) is 13.3. The fraction of sp³-hybridized carbons (Fsp3) is 0.0588. The fourth-order valence-electron chi connectivity index (χ4n) is 2.45. The highest BCUT2D eigenvalue weighted by atomic mass is 32.2. The molecule has 1 heterocycles. The van der Waals surface area contributed by atoms with Gasteiger partial charge in [-0.15, -0.1) is 0 Å². The van der Waals surface area contributed by atoms with Crippen molar-refractivity contribution in [1.82, 2.24) is 4.98 Å². The van der Waals surface area contributed by atoms with E-state index in [9.17, 15) is 14.0 Å². The molecule has 3 aromatic rings. The predicted molar refractivity (Wildman–Crippen MR) is 93.2 cm³/mol. The summed E-state index contributed by atoms with van der Waals surface area (Å²) >= 11 is -2.16. The van der Waals surface area contributed by atoms with Crippen molar-refractivity contribution < 1.29 is 8.76 Å². The van der Waals surface area contributed by atoms with Gasteiger partial charge < -0.3 is 15.6 Å². The summed E-state index contributed by atoms with van der Waals surface area (Å²) in [5.74, 6) is -0.0648. The average Bonchev–Trinajstić information content (AvgIpc) is 2.55. The first-order valence-corrected chi connectivity index (χ1v) is 8.31. The Bertz CT molecular complexity index is 982. The first kappa shape index (κ1) is 15.9. The number of rotatable bonds is 4. The van der Waals surface area contributed by atoms with E-state index in [4.69, 9.17) is 5.73 Å². The van der Waals surface area contributed by atoms with Crippen molar-refractivity contribution in [3.8, 4) is 6.07 Å². The van der Waals surface area contributed by atoms with E-state index >= 15 is 0 Å². The van der Waals surface area contributed by atoms with Gasteiger partial charge in [0.15, 0.2) is 0 Å². The van der Waals surface area contributed by atoms with E-state index < -0.39 is 11.1 Å². The van der Waals surface area contributed by atoms with Crippen molar-refractivity contribution in [3.63, 3.8) is 0 Å². The lowest BCUT2D eigenvalue weighted by molar-refractivity contribution is 0.536. The number of nitriles is 1. The van der Waals surface area contributed by atoms with Gasteiger partial charge in [-0.25, -0.2) is 0 Å². The molecule has 120 valence electrons. The van der Waals surface area contributed by atoms with Crippen LogP contribution in [0.15, 0.2) is 48.7 Å². The number of nitrogens with one attached hydrogen (secondary N) is 1. The van der Waals surface area contributed by atoms with Crippen LogP contribution in [-0.4, -0.2) is 13.7 Å². The lowest BCUT2D eigenvalue weighted by Gasteiger charge is -2.13. The van der Waals surface area contributed by atoms with Gasteiger partial charge in [-0.05, 0) is 35.9 Å². The molecule has 0 saturated carbocycles. The monoisotopic (exact) mass is 337 g/mol. The summed E-state index contributed by atoms with van der Waals surface area (Å²) in [5.41, 5.74) is 9.44. The minimum Gasteiger partial charge on any atom is -0.772 e. The molecular weight excluding hydrogens is 324 g/mol. The molecule has 1 aromatic heterocycles. The van der Waals surface area contributed by atoms with Crippen LogP contribution in [0, 0.1) is 11.3 Å². The van der Waals surface area contributed by atoms with Crippen molar-refractivity contribution >= 4 is 39.0 Å². The number of nitrogens with two attached hydrogens (primary N) is 1. The van der Waals surface area contributed by atoms with Crippen LogP contribution in [-0.2, 0) is 16.8 Å². The number of aromatic nitrogens is 1. The van der Waals surface area contributed by atoms with E-state index in [1.807, 2.05) is 0 Å². The Morgan fingerprint density at radius 1 is 1.29 bits per heavy atom. The molecule has 7 heteroatoms. The second-order valence-electron chi connectivity index (χ2n) is 5.21. The van der Waals surface area contributed by atoms with Gasteiger partial charge in [-0.1, -0.05) is 23.2 Å². The van der Waals surface area contributed by atoms with E-state index in [0.717, 1.165) is 5.39 Å². The summed E-state index contributed by atoms with van der Waals surface area (Å²) < 4.78 is 21.7. The molecular formula is C17H13N4O2S-. The highest BCUT2D eigenvalue weighted by molar-refractivity contribution is 7.78. The zero-order chi connectivity index (χ0) is 17.1. The second-order valence-corrected chi connectivity index (χ2v) is 6.10. The Kier molecular flexibility index (Phi) is 4.42. The lowest BCUT2D eigenvalue weighted by Crippen LogP contribution is -1.99. The van der Waals surface area contributed by atoms with Crippen molar-refractivity contribution in [1.29, 1.82) is 5.26 Å². The number of nitrogen functional groups attached to an aromatic ring is 1. The number of pyridine rings is 1. The van der Waals surface area contributed by atoms with Gasteiger partial charge in [0.1, 0.15) is 6.07 Å². The molecule has 0 radical (unpaired) electrons. The third-order valence-corrected chi connectivity index (χ3v) is 4.06. The molecule has 3 rings (SSSR count). The summed E-state index contributed by atoms with van der Waals surface area (Å²) in [7, 11) is 0. The average molecular weight is 337 g/mol. The number of hydrogen-bond acceptors (Lipinski definition) is 6. The van der Waals surface area contributed by atoms with Crippen LogP contribution in [0.5, 0.6) is 0 Å². The van der Waals surface area contributed by atoms with Crippen LogP contribution in [0.25, 0.3) is 10.9 Å². The van der Waals surface area contributed by atoms with Crippen molar-refractivity contribution in [2.45, 2.75) is 5.75 Å². The molecule has 0 saturated heterocycles. The minimum absolute atomic E-state index is 0.0648. The van der Waals surface area contributed by atoms with E-state index in [-0.39, 0.29) is 5.75 Å². The molecule has 0 bridgehead atoms. The first-order valence-electron chi connectivity index (χ1n) is 7.07. The SMILES string of the molecule is N#Cc1cnc2ccc(N)cc2c1Nc1cccc(CS(=O)[O-])c1. The Morgan fingerprint density at radius 3 is 2.88 bits per heavy atom. The van der Waals surface area contributed by atoms with Gasteiger partial charge in [-0.2, -0.15) is 5.26 Å². The van der Waals surface area contributed by atoms with Gasteiger partial charge >= 0.3 is 0 Å². The van der Waals surface area contributed by atoms with Gasteiger partial charge in [0, 0.05) is 28.7 Å². The van der Waals surface area contributed by atoms with Crippen molar-refractivity contribution in [2.24, 2.45) is 0 Å². The molecule has 1 atom stereocenters. The maximum absolute atomic E-state index is 10.9. The molecule has 0 aliphatic carbocycles. The number of anilines is 3. The van der Waals surface area contributed by atoms with Crippen LogP contribution < -0.4 is 11.1 Å². The Labute approximate surface area is 141 Å². The van der Waals surface area contributed by atoms with Gasteiger partial charge in [0.2, 0.25) is 0 Å². The maximum atomic E-state index is 10.9. The molecule has 0 fully saturated rings. The van der Waals surface area contributed by atoms with Gasteiger partial charge in [0.25, 0.3) is 0 Å². The molecule has 1 unspecified atom stereocenters. The number of fused-ring (bicyclic) bond motifs is 1. The second kappa shape index (κ2) is 6.66. The van der Waals surface area contributed by atoms with Crippen LogP contribution in [0.2, 0.25) is 0 Å². The quantitative estimate of drug-likeness (QED) is 0.559. The smallest absolute Gasteiger partial charge is 0.103 e. The summed E-state index contributed by atoms with van der Waals surface area (Å²) in [6.07, 6.45) is 1.50. The fourth-order valence-corrected chi connectivity index (χ4v) is 2.90. The zero-order valence-corrected chi connectivity index (χ0v) is 13.3. The molecule has 0 amide bonds. The van der Waals surface area contributed by atoms with Crippen LogP contribution >= 0.6 is 0 Å². The Balaban J connectivity index is 2.08. The highest BCUT2D eigenvalue weighted by Gasteiger charge is 2.10. The predicted octanol–water partition coefficient (Wildman–Crippen LogP) is 2.81. The number of hydrogen-bond donors (Lipinski definition) is 2. The Morgan fingerprint density at radius 2 is 2.12 bits per heavy atom. The van der Waals surface area contributed by atoms with Crippen LogP contribution in [0.1, 0.15) is 11.1 Å². The molecule has 24 heavy (non-hydrogen) atoms. The summed E-state index contributed by atoms with van der Waals surface area (Å²) in [4.78, 5) is 4.25. The van der Waals surface area contributed by atoms with E-state index in [1.165, 1.54) is 6.20 Å². The first-order chi connectivity index (χ1) is 11.6. The summed E-state index contributed by atoms with van der Waals surface area (Å²) in [6.45, 7) is 0. The third kappa shape index (κ3) is 3.35. The summed E-state index contributed by atoms with van der Waals surface area (Å²) in [6, 6.07) is 14.4. The third-order valence-electron chi connectivity index (χ3n) is 3.49. The normalized spacial score (nSPS) is 11.8.